The van der Waals surface area contributed by atoms with Crippen LogP contribution in [0.3, 0.4) is 0 Å². The maximum Gasteiger partial charge on any atom is 0.410 e. The fraction of sp³-hybridized carbons (Fsp3) is 0.941. The molecule has 4 nitrogen and oxygen atoms in total. The molecule has 2 aliphatic rings. The summed E-state index contributed by atoms with van der Waals surface area (Å²) in [5.41, 5.74) is -0.488. The Kier molecular flexibility index (Phi) is 5.18. The van der Waals surface area contributed by atoms with Crippen LogP contribution >= 0.6 is 0 Å². The summed E-state index contributed by atoms with van der Waals surface area (Å²) in [6, 6.07) is 0. The molecule has 4 heteroatoms. The van der Waals surface area contributed by atoms with Crippen molar-refractivity contribution in [1.29, 1.82) is 0 Å². The molecule has 0 spiro atoms. The standard InChI is InChI=1S/C17H32N2O2/c1-16(2,3)21-15(20)19-13-9-6-10-17(19,4)14-18-11-7-5-8-12-18/h5-14H2,1-4H3. The average molecular weight is 296 g/mol. The molecule has 122 valence electrons. The molecule has 1 amide bonds. The van der Waals surface area contributed by atoms with Gasteiger partial charge in [0.15, 0.2) is 0 Å². The van der Waals surface area contributed by atoms with Crippen molar-refractivity contribution in [2.75, 3.05) is 26.2 Å². The third-order valence-corrected chi connectivity index (χ3v) is 4.63. The topological polar surface area (TPSA) is 32.8 Å². The van der Waals surface area contributed by atoms with Crippen molar-refractivity contribution in [2.45, 2.75) is 77.4 Å². The van der Waals surface area contributed by atoms with Crippen molar-refractivity contribution in [1.82, 2.24) is 9.80 Å². The van der Waals surface area contributed by atoms with Gasteiger partial charge in [-0.1, -0.05) is 6.42 Å². The van der Waals surface area contributed by atoms with Crippen LogP contribution in [0.5, 0.6) is 0 Å². The van der Waals surface area contributed by atoms with Gasteiger partial charge in [-0.05, 0) is 72.9 Å². The van der Waals surface area contributed by atoms with Crippen LogP contribution in [0.1, 0.15) is 66.2 Å². The van der Waals surface area contributed by atoms with Crippen molar-refractivity contribution in [2.24, 2.45) is 0 Å². The molecule has 1 unspecified atom stereocenters. The Morgan fingerprint density at radius 2 is 1.67 bits per heavy atom. The lowest BCUT2D eigenvalue weighted by atomic mass is 9.87. The van der Waals surface area contributed by atoms with Crippen LogP contribution in [0, 0.1) is 0 Å². The minimum Gasteiger partial charge on any atom is -0.444 e. The van der Waals surface area contributed by atoms with Crippen LogP contribution in [0.15, 0.2) is 0 Å². The molecule has 2 aliphatic heterocycles. The zero-order chi connectivity index (χ0) is 15.5. The second kappa shape index (κ2) is 6.55. The Balaban J connectivity index is 2.03. The number of carbonyl (C=O) groups is 1. The monoisotopic (exact) mass is 296 g/mol. The van der Waals surface area contributed by atoms with Crippen molar-refractivity contribution < 1.29 is 9.53 Å². The molecule has 2 heterocycles. The molecule has 0 bridgehead atoms. The number of hydrogen-bond donors (Lipinski definition) is 0. The molecule has 2 saturated heterocycles. The van der Waals surface area contributed by atoms with E-state index in [9.17, 15) is 4.79 Å². The van der Waals surface area contributed by atoms with Gasteiger partial charge in [0.2, 0.25) is 0 Å². The van der Waals surface area contributed by atoms with Gasteiger partial charge in [0.1, 0.15) is 5.60 Å². The Hall–Kier alpha value is -0.770. The van der Waals surface area contributed by atoms with Gasteiger partial charge in [-0.15, -0.1) is 0 Å². The van der Waals surface area contributed by atoms with Crippen molar-refractivity contribution in [3.63, 3.8) is 0 Å². The third kappa shape index (κ3) is 4.60. The van der Waals surface area contributed by atoms with E-state index in [-0.39, 0.29) is 11.6 Å². The van der Waals surface area contributed by atoms with Crippen LogP contribution in [0.25, 0.3) is 0 Å². The zero-order valence-electron chi connectivity index (χ0n) is 14.3. The molecule has 0 saturated carbocycles. The minimum atomic E-state index is -0.416. The van der Waals surface area contributed by atoms with E-state index in [1.807, 2.05) is 25.7 Å². The summed E-state index contributed by atoms with van der Waals surface area (Å²) >= 11 is 0. The van der Waals surface area contributed by atoms with Gasteiger partial charge in [0, 0.05) is 13.1 Å². The first kappa shape index (κ1) is 16.6. The van der Waals surface area contributed by atoms with Crippen LogP contribution in [-0.4, -0.2) is 53.2 Å². The van der Waals surface area contributed by atoms with Gasteiger partial charge in [-0.2, -0.15) is 0 Å². The van der Waals surface area contributed by atoms with E-state index in [1.165, 1.54) is 38.8 Å². The summed E-state index contributed by atoms with van der Waals surface area (Å²) in [7, 11) is 0. The maximum absolute atomic E-state index is 12.6. The molecule has 2 fully saturated rings. The van der Waals surface area contributed by atoms with E-state index >= 15 is 0 Å². The van der Waals surface area contributed by atoms with E-state index in [2.05, 4.69) is 11.8 Å². The van der Waals surface area contributed by atoms with E-state index in [1.54, 1.807) is 0 Å². The summed E-state index contributed by atoms with van der Waals surface area (Å²) in [4.78, 5) is 17.1. The number of likely N-dealkylation sites (tertiary alicyclic amines) is 2. The number of piperidine rings is 2. The molecule has 0 N–H and O–H groups in total. The molecule has 2 rings (SSSR count). The van der Waals surface area contributed by atoms with Gasteiger partial charge < -0.3 is 14.5 Å². The molecular weight excluding hydrogens is 264 g/mol. The number of hydrogen-bond acceptors (Lipinski definition) is 3. The summed E-state index contributed by atoms with van der Waals surface area (Å²) in [6.45, 7) is 12.2. The highest BCUT2D eigenvalue weighted by Crippen LogP contribution is 2.31. The summed E-state index contributed by atoms with van der Waals surface area (Å²) in [5.74, 6) is 0. The minimum absolute atomic E-state index is 0.0715. The van der Waals surface area contributed by atoms with Gasteiger partial charge in [0.05, 0.1) is 5.54 Å². The second-order valence-corrected chi connectivity index (χ2v) is 7.92. The molecule has 0 aromatic rings. The number of carbonyl (C=O) groups excluding carboxylic acids is 1. The molecular formula is C17H32N2O2. The van der Waals surface area contributed by atoms with Gasteiger partial charge in [-0.3, -0.25) is 0 Å². The smallest absolute Gasteiger partial charge is 0.410 e. The SMILES string of the molecule is CC(C)(C)OC(=O)N1CCCCC1(C)CN1CCCCC1. The quantitative estimate of drug-likeness (QED) is 0.779. The Morgan fingerprint density at radius 1 is 1.05 bits per heavy atom. The summed E-state index contributed by atoms with van der Waals surface area (Å²) < 4.78 is 5.63. The first-order chi connectivity index (χ1) is 9.80. The van der Waals surface area contributed by atoms with Crippen LogP contribution in [-0.2, 0) is 4.74 Å². The van der Waals surface area contributed by atoms with Crippen LogP contribution < -0.4 is 0 Å². The van der Waals surface area contributed by atoms with E-state index < -0.39 is 5.60 Å². The molecule has 21 heavy (non-hydrogen) atoms. The van der Waals surface area contributed by atoms with Crippen molar-refractivity contribution in [3.8, 4) is 0 Å². The van der Waals surface area contributed by atoms with Gasteiger partial charge >= 0.3 is 6.09 Å². The number of rotatable bonds is 2. The van der Waals surface area contributed by atoms with E-state index in [0.29, 0.717) is 0 Å². The first-order valence-corrected chi connectivity index (χ1v) is 8.53. The predicted octanol–water partition coefficient (Wildman–Crippen LogP) is 3.65. The highest BCUT2D eigenvalue weighted by Gasteiger charge is 2.40. The average Bonchev–Trinajstić information content (AvgIpc) is 2.37. The second-order valence-electron chi connectivity index (χ2n) is 7.92. The van der Waals surface area contributed by atoms with E-state index in [0.717, 1.165) is 25.9 Å². The van der Waals surface area contributed by atoms with Crippen LogP contribution in [0.4, 0.5) is 4.79 Å². The number of amides is 1. The lowest BCUT2D eigenvalue weighted by Gasteiger charge is -2.47. The molecule has 0 radical (unpaired) electrons. The zero-order valence-corrected chi connectivity index (χ0v) is 14.3. The Morgan fingerprint density at radius 3 is 2.29 bits per heavy atom. The highest BCUT2D eigenvalue weighted by atomic mass is 16.6. The molecule has 0 aromatic heterocycles. The fourth-order valence-electron chi connectivity index (χ4n) is 3.57. The normalized spacial score (nSPS) is 28.5. The number of nitrogens with zero attached hydrogens (tertiary/aromatic N) is 2. The molecule has 0 aromatic carbocycles. The summed E-state index contributed by atoms with van der Waals surface area (Å²) in [6.07, 6.45) is 7.19. The largest absolute Gasteiger partial charge is 0.444 e. The van der Waals surface area contributed by atoms with Gasteiger partial charge in [0.25, 0.3) is 0 Å². The van der Waals surface area contributed by atoms with Crippen LogP contribution in [0.2, 0.25) is 0 Å². The number of ether oxygens (including phenoxy) is 1. The van der Waals surface area contributed by atoms with Crippen molar-refractivity contribution >= 4 is 6.09 Å². The fourth-order valence-corrected chi connectivity index (χ4v) is 3.57. The Bertz CT molecular complexity index is 358. The van der Waals surface area contributed by atoms with Gasteiger partial charge in [-0.25, -0.2) is 4.79 Å². The summed E-state index contributed by atoms with van der Waals surface area (Å²) in [5, 5.41) is 0. The Labute approximate surface area is 129 Å². The molecule has 0 aliphatic carbocycles. The third-order valence-electron chi connectivity index (χ3n) is 4.63. The predicted molar refractivity (Wildman–Crippen MR) is 85.5 cm³/mol. The first-order valence-electron chi connectivity index (χ1n) is 8.53. The lowest BCUT2D eigenvalue weighted by molar-refractivity contribution is -0.0219. The van der Waals surface area contributed by atoms with E-state index in [4.69, 9.17) is 4.74 Å². The maximum atomic E-state index is 12.6. The van der Waals surface area contributed by atoms with Crippen molar-refractivity contribution in [3.05, 3.63) is 0 Å². The highest BCUT2D eigenvalue weighted by molar-refractivity contribution is 5.69. The lowest BCUT2D eigenvalue weighted by Crippen LogP contribution is -2.59. The molecule has 1 atom stereocenters.